The molecule has 1 aromatic carbocycles. The topological polar surface area (TPSA) is 69.2 Å². The highest BCUT2D eigenvalue weighted by molar-refractivity contribution is 5.91. The van der Waals surface area contributed by atoms with E-state index in [1.165, 1.54) is 0 Å². The number of ether oxygens (including phenoxy) is 1. The first-order chi connectivity index (χ1) is 17.1. The van der Waals surface area contributed by atoms with Crippen LogP contribution in [-0.4, -0.2) is 45.2 Å². The zero-order valence-corrected chi connectivity index (χ0v) is 20.9. The Morgan fingerprint density at radius 3 is 2.77 bits per heavy atom. The molecule has 1 fully saturated rings. The average Bonchev–Trinajstić information content (AvgIpc) is 3.39. The van der Waals surface area contributed by atoms with E-state index in [9.17, 15) is 4.39 Å². The lowest BCUT2D eigenvalue weighted by Crippen LogP contribution is -2.22. The van der Waals surface area contributed by atoms with Crippen molar-refractivity contribution in [1.29, 1.82) is 0 Å². The van der Waals surface area contributed by atoms with E-state index in [1.807, 2.05) is 41.8 Å². The van der Waals surface area contributed by atoms with Gasteiger partial charge >= 0.3 is 0 Å². The molecule has 6 nitrogen and oxygen atoms in total. The number of aromatic nitrogens is 3. The molecule has 1 atom stereocenters. The molecule has 0 amide bonds. The normalized spacial score (nSPS) is 16.0. The van der Waals surface area contributed by atoms with Crippen molar-refractivity contribution < 1.29 is 9.13 Å². The summed E-state index contributed by atoms with van der Waals surface area (Å²) in [6.07, 6.45) is 4.54. The van der Waals surface area contributed by atoms with E-state index in [0.29, 0.717) is 32.1 Å². The Kier molecular flexibility index (Phi) is 8.73. The Hall–Kier alpha value is -2.95. The molecule has 1 aliphatic heterocycles. The molecule has 0 bridgehead atoms. The smallest absolute Gasteiger partial charge is 0.151 e. The van der Waals surface area contributed by atoms with Crippen LogP contribution in [0, 0.1) is 18.8 Å². The number of anilines is 1. The summed E-state index contributed by atoms with van der Waals surface area (Å²) in [5, 5.41) is 0. The lowest BCUT2D eigenvalue weighted by atomic mass is 10.2. The maximum Gasteiger partial charge on any atom is 0.151 e. The molecule has 1 saturated heterocycles. The average molecular weight is 478 g/mol. The zero-order chi connectivity index (χ0) is 24.6. The second-order valence-electron chi connectivity index (χ2n) is 9.27. The first-order valence-electron chi connectivity index (χ1n) is 12.7. The Balaban J connectivity index is 1.54. The van der Waals surface area contributed by atoms with Gasteiger partial charge in [0, 0.05) is 31.6 Å². The number of halogens is 1. The van der Waals surface area contributed by atoms with E-state index >= 15 is 0 Å². The van der Waals surface area contributed by atoms with Crippen molar-refractivity contribution in [3.05, 3.63) is 53.0 Å². The third-order valence-corrected chi connectivity index (χ3v) is 6.52. The largest absolute Gasteiger partial charge is 0.382 e. The number of benzene rings is 1. The van der Waals surface area contributed by atoms with Crippen molar-refractivity contribution in [2.75, 3.05) is 25.4 Å². The molecule has 4 rings (SSSR count). The first kappa shape index (κ1) is 25.2. The highest BCUT2D eigenvalue weighted by Gasteiger charge is 2.21. The molecule has 3 heterocycles. The molecule has 3 aromatic rings. The minimum atomic E-state index is -0.675. The van der Waals surface area contributed by atoms with Crippen LogP contribution < -0.4 is 5.73 Å². The van der Waals surface area contributed by atoms with Crippen LogP contribution in [0.1, 0.15) is 61.7 Å². The molecule has 0 saturated carbocycles. The molecule has 2 N–H and O–H groups in total. The SMILES string of the molecule is CCCCc1nc(N)c2c(n1)c(C#CCCCN1CCC(F)C1)c(C)n2COCc1ccccc1. The number of hydrogen-bond acceptors (Lipinski definition) is 5. The number of nitrogens with zero attached hydrogens (tertiary/aromatic N) is 4. The molecule has 35 heavy (non-hydrogen) atoms. The second-order valence-corrected chi connectivity index (χ2v) is 9.27. The van der Waals surface area contributed by atoms with Gasteiger partial charge in [0.05, 0.1) is 12.2 Å². The van der Waals surface area contributed by atoms with E-state index in [2.05, 4.69) is 28.6 Å². The van der Waals surface area contributed by atoms with E-state index in [0.717, 1.165) is 78.9 Å². The van der Waals surface area contributed by atoms with Crippen molar-refractivity contribution in [3.8, 4) is 11.8 Å². The van der Waals surface area contributed by atoms with Crippen LogP contribution in [0.25, 0.3) is 11.0 Å². The van der Waals surface area contributed by atoms with Gasteiger partial charge in [-0.05, 0) is 38.3 Å². The van der Waals surface area contributed by atoms with Crippen molar-refractivity contribution in [2.24, 2.45) is 0 Å². The van der Waals surface area contributed by atoms with Crippen molar-refractivity contribution >= 4 is 16.9 Å². The number of likely N-dealkylation sites (tertiary alicyclic amines) is 1. The predicted molar refractivity (Wildman–Crippen MR) is 139 cm³/mol. The number of unbranched alkanes of at least 4 members (excludes halogenated alkanes) is 2. The maximum absolute atomic E-state index is 13.4. The van der Waals surface area contributed by atoms with Crippen LogP contribution in [0.4, 0.5) is 10.2 Å². The lowest BCUT2D eigenvalue weighted by molar-refractivity contribution is 0.0657. The fourth-order valence-electron chi connectivity index (χ4n) is 4.55. The van der Waals surface area contributed by atoms with E-state index in [4.69, 9.17) is 15.5 Å². The molecule has 2 aromatic heterocycles. The predicted octanol–water partition coefficient (Wildman–Crippen LogP) is 5.01. The summed E-state index contributed by atoms with van der Waals surface area (Å²) in [6.45, 7) is 7.33. The summed E-state index contributed by atoms with van der Waals surface area (Å²) in [6, 6.07) is 10.1. The van der Waals surface area contributed by atoms with Gasteiger partial charge in [-0.1, -0.05) is 55.5 Å². The van der Waals surface area contributed by atoms with Crippen LogP contribution in [0.3, 0.4) is 0 Å². The summed E-state index contributed by atoms with van der Waals surface area (Å²) < 4.78 is 21.5. The van der Waals surface area contributed by atoms with Crippen LogP contribution in [0.2, 0.25) is 0 Å². The number of aryl methyl sites for hydroxylation is 1. The first-order valence-corrected chi connectivity index (χ1v) is 12.7. The minimum Gasteiger partial charge on any atom is -0.382 e. The Bertz CT molecular complexity index is 1180. The summed E-state index contributed by atoms with van der Waals surface area (Å²) in [7, 11) is 0. The molecule has 0 radical (unpaired) electrons. The Morgan fingerprint density at radius 2 is 2.03 bits per heavy atom. The van der Waals surface area contributed by atoms with Crippen LogP contribution in [0.5, 0.6) is 0 Å². The molecule has 1 aliphatic rings. The number of rotatable bonds is 10. The third kappa shape index (κ3) is 6.39. The summed E-state index contributed by atoms with van der Waals surface area (Å²) in [5.74, 6) is 7.91. The molecular formula is C28H36FN5O. The second kappa shape index (κ2) is 12.1. The third-order valence-electron chi connectivity index (χ3n) is 6.52. The van der Waals surface area contributed by atoms with Gasteiger partial charge < -0.3 is 19.9 Å². The highest BCUT2D eigenvalue weighted by Crippen LogP contribution is 2.28. The van der Waals surface area contributed by atoms with Gasteiger partial charge in [-0.25, -0.2) is 14.4 Å². The van der Waals surface area contributed by atoms with Crippen molar-refractivity contribution in [3.63, 3.8) is 0 Å². The van der Waals surface area contributed by atoms with E-state index in [-0.39, 0.29) is 0 Å². The molecule has 1 unspecified atom stereocenters. The summed E-state index contributed by atoms with van der Waals surface area (Å²) in [4.78, 5) is 11.6. The Labute approximate surface area is 207 Å². The van der Waals surface area contributed by atoms with Gasteiger partial charge in [-0.3, -0.25) is 0 Å². The molecular weight excluding hydrogens is 441 g/mol. The molecule has 0 spiro atoms. The number of alkyl halides is 1. The van der Waals surface area contributed by atoms with Gasteiger partial charge in [0.15, 0.2) is 5.82 Å². The van der Waals surface area contributed by atoms with E-state index < -0.39 is 6.17 Å². The minimum absolute atomic E-state index is 0.347. The van der Waals surface area contributed by atoms with Crippen LogP contribution >= 0.6 is 0 Å². The highest BCUT2D eigenvalue weighted by atomic mass is 19.1. The van der Waals surface area contributed by atoms with Crippen LogP contribution in [-0.2, 0) is 24.5 Å². The van der Waals surface area contributed by atoms with Crippen molar-refractivity contribution in [2.45, 2.75) is 71.9 Å². The zero-order valence-electron chi connectivity index (χ0n) is 20.9. The van der Waals surface area contributed by atoms with Gasteiger partial charge in [-0.15, -0.1) is 0 Å². The summed E-state index contributed by atoms with van der Waals surface area (Å²) in [5.41, 5.74) is 11.0. The summed E-state index contributed by atoms with van der Waals surface area (Å²) >= 11 is 0. The number of nitrogens with two attached hydrogens (primary N) is 1. The van der Waals surface area contributed by atoms with Crippen molar-refractivity contribution in [1.82, 2.24) is 19.4 Å². The number of hydrogen-bond donors (Lipinski definition) is 1. The van der Waals surface area contributed by atoms with Gasteiger partial charge in [0.1, 0.15) is 29.8 Å². The molecule has 0 aliphatic carbocycles. The Morgan fingerprint density at radius 1 is 1.20 bits per heavy atom. The molecule has 186 valence electrons. The van der Waals surface area contributed by atoms with Gasteiger partial charge in [0.2, 0.25) is 0 Å². The van der Waals surface area contributed by atoms with Gasteiger partial charge in [-0.2, -0.15) is 0 Å². The standard InChI is InChI=1S/C28H36FN5O/c1-3-4-14-25-31-26-24(13-9-6-10-16-33-17-15-23(29)18-33)21(2)34(27(26)28(30)32-25)20-35-19-22-11-7-5-8-12-22/h5,7-8,11-12,23H,3-4,6,10,14-20H2,1-2H3,(H2,30,31,32). The molecule has 7 heteroatoms. The fraction of sp³-hybridized carbons (Fsp3) is 0.500. The maximum atomic E-state index is 13.4. The van der Waals surface area contributed by atoms with Crippen LogP contribution in [0.15, 0.2) is 30.3 Å². The lowest BCUT2D eigenvalue weighted by Gasteiger charge is -2.12. The van der Waals surface area contributed by atoms with E-state index in [1.54, 1.807) is 0 Å². The number of fused-ring (bicyclic) bond motifs is 1. The quantitative estimate of drug-likeness (QED) is 0.328. The fourth-order valence-corrected chi connectivity index (χ4v) is 4.55. The van der Waals surface area contributed by atoms with Gasteiger partial charge in [0.25, 0.3) is 0 Å². The number of nitrogen functional groups attached to an aromatic ring is 1. The monoisotopic (exact) mass is 477 g/mol.